The lowest BCUT2D eigenvalue weighted by Crippen LogP contribution is -2.36. The van der Waals surface area contributed by atoms with E-state index in [9.17, 15) is 0 Å². The van der Waals surface area contributed by atoms with Crippen LogP contribution in [0.1, 0.15) is 26.2 Å². The van der Waals surface area contributed by atoms with Crippen LogP contribution in [0.5, 0.6) is 0 Å². The van der Waals surface area contributed by atoms with Crippen LogP contribution in [0.3, 0.4) is 0 Å². The first-order valence-corrected chi connectivity index (χ1v) is 3.15. The molecule has 0 unspecified atom stereocenters. The zero-order valence-electron chi connectivity index (χ0n) is 5.35. The summed E-state index contributed by atoms with van der Waals surface area (Å²) in [5.74, 6) is 0. The van der Waals surface area contributed by atoms with Crippen LogP contribution in [0.15, 0.2) is 12.2 Å². The van der Waals surface area contributed by atoms with Crippen molar-refractivity contribution in [3.63, 3.8) is 0 Å². The quantitative estimate of drug-likeness (QED) is 0.470. The first-order valence-electron chi connectivity index (χ1n) is 3.15. The van der Waals surface area contributed by atoms with Crippen LogP contribution >= 0.6 is 0 Å². The molecule has 1 aliphatic carbocycles. The van der Waals surface area contributed by atoms with Gasteiger partial charge in [-0.2, -0.15) is 0 Å². The number of nitrogens with two attached hydrogens (primary N) is 1. The van der Waals surface area contributed by atoms with Gasteiger partial charge >= 0.3 is 0 Å². The molecule has 0 saturated heterocycles. The van der Waals surface area contributed by atoms with E-state index in [0.717, 1.165) is 19.3 Å². The number of hydrogen-bond donors (Lipinski definition) is 1. The van der Waals surface area contributed by atoms with Crippen LogP contribution in [-0.4, -0.2) is 5.54 Å². The molecule has 1 nitrogen and oxygen atoms in total. The Kier molecular flexibility index (Phi) is 1.39. The maximum atomic E-state index is 5.83. The largest absolute Gasteiger partial charge is 0.325 e. The summed E-state index contributed by atoms with van der Waals surface area (Å²) in [7, 11) is 0. The van der Waals surface area contributed by atoms with Gasteiger partial charge in [0.05, 0.1) is 0 Å². The van der Waals surface area contributed by atoms with Crippen molar-refractivity contribution in [2.45, 2.75) is 31.7 Å². The third kappa shape index (κ3) is 1.34. The highest BCUT2D eigenvalue weighted by Crippen LogP contribution is 2.18. The van der Waals surface area contributed by atoms with E-state index in [4.69, 9.17) is 5.73 Å². The van der Waals surface area contributed by atoms with Crippen molar-refractivity contribution in [3.05, 3.63) is 12.2 Å². The normalized spacial score (nSPS) is 37.8. The predicted octanol–water partition coefficient (Wildman–Crippen LogP) is 1.44. The van der Waals surface area contributed by atoms with Gasteiger partial charge in [0.1, 0.15) is 0 Å². The summed E-state index contributed by atoms with van der Waals surface area (Å²) >= 11 is 0. The molecule has 0 amide bonds. The molecule has 1 atom stereocenters. The van der Waals surface area contributed by atoms with Gasteiger partial charge in [0.2, 0.25) is 0 Å². The summed E-state index contributed by atoms with van der Waals surface area (Å²) in [6.45, 7) is 2.11. The molecule has 0 aromatic heterocycles. The maximum absolute atomic E-state index is 5.83. The Morgan fingerprint density at radius 2 is 2.25 bits per heavy atom. The molecule has 0 heterocycles. The number of rotatable bonds is 0. The van der Waals surface area contributed by atoms with Crippen molar-refractivity contribution in [1.29, 1.82) is 0 Å². The summed E-state index contributed by atoms with van der Waals surface area (Å²) in [6.07, 6.45) is 7.72. The van der Waals surface area contributed by atoms with E-state index in [0.29, 0.717) is 0 Å². The maximum Gasteiger partial charge on any atom is 0.0163 e. The average molecular weight is 111 g/mol. The van der Waals surface area contributed by atoms with E-state index in [1.807, 2.05) is 0 Å². The summed E-state index contributed by atoms with van der Waals surface area (Å²) in [4.78, 5) is 0. The molecule has 1 aliphatic rings. The lowest BCUT2D eigenvalue weighted by atomic mass is 9.89. The van der Waals surface area contributed by atoms with Crippen molar-refractivity contribution in [2.24, 2.45) is 5.73 Å². The molecule has 8 heavy (non-hydrogen) atoms. The molecule has 0 aliphatic heterocycles. The second-order valence-electron chi connectivity index (χ2n) is 2.87. The van der Waals surface area contributed by atoms with Gasteiger partial charge < -0.3 is 5.73 Å². The van der Waals surface area contributed by atoms with E-state index in [1.54, 1.807) is 0 Å². The van der Waals surface area contributed by atoms with Gasteiger partial charge in [0, 0.05) is 5.54 Å². The highest BCUT2D eigenvalue weighted by molar-refractivity contribution is 4.98. The van der Waals surface area contributed by atoms with Crippen LogP contribution in [0, 0.1) is 0 Å². The Bertz CT molecular complexity index is 103. The lowest BCUT2D eigenvalue weighted by Gasteiger charge is -2.24. The van der Waals surface area contributed by atoms with Gasteiger partial charge in [-0.1, -0.05) is 12.2 Å². The SMILES string of the molecule is C[C@]1(N)CC=CCC1. The first-order chi connectivity index (χ1) is 3.71. The number of allylic oxidation sites excluding steroid dienone is 1. The molecule has 1 rings (SSSR count). The zero-order valence-corrected chi connectivity index (χ0v) is 5.35. The third-order valence-corrected chi connectivity index (χ3v) is 1.63. The van der Waals surface area contributed by atoms with Crippen LogP contribution in [0.25, 0.3) is 0 Å². The van der Waals surface area contributed by atoms with Gasteiger partial charge in [0.15, 0.2) is 0 Å². The van der Waals surface area contributed by atoms with Crippen LogP contribution in [0.2, 0.25) is 0 Å². The van der Waals surface area contributed by atoms with Gasteiger partial charge in [0.25, 0.3) is 0 Å². The highest BCUT2D eigenvalue weighted by Gasteiger charge is 2.17. The fourth-order valence-corrected chi connectivity index (χ4v) is 0.986. The lowest BCUT2D eigenvalue weighted by molar-refractivity contribution is 0.427. The van der Waals surface area contributed by atoms with E-state index >= 15 is 0 Å². The van der Waals surface area contributed by atoms with Crippen molar-refractivity contribution in [2.75, 3.05) is 0 Å². The van der Waals surface area contributed by atoms with Gasteiger partial charge in [-0.05, 0) is 26.2 Å². The van der Waals surface area contributed by atoms with Gasteiger partial charge in [-0.3, -0.25) is 0 Å². The minimum absolute atomic E-state index is 0.0920. The van der Waals surface area contributed by atoms with Crippen molar-refractivity contribution >= 4 is 0 Å². The standard InChI is InChI=1S/C7H13N/c1-7(8)5-3-2-4-6-7/h2-3H,4-6,8H2,1H3/t7-/m0/s1. The van der Waals surface area contributed by atoms with E-state index in [2.05, 4.69) is 19.1 Å². The zero-order chi connectivity index (χ0) is 6.04. The average Bonchev–Trinajstić information content (AvgIpc) is 1.65. The van der Waals surface area contributed by atoms with Crippen LogP contribution in [0.4, 0.5) is 0 Å². The molecular weight excluding hydrogens is 98.1 g/mol. The van der Waals surface area contributed by atoms with E-state index in [1.165, 1.54) is 0 Å². The van der Waals surface area contributed by atoms with E-state index < -0.39 is 0 Å². The second kappa shape index (κ2) is 1.90. The Balaban J connectivity index is 2.50. The molecule has 0 bridgehead atoms. The molecule has 1 heteroatoms. The molecule has 46 valence electrons. The minimum Gasteiger partial charge on any atom is -0.325 e. The topological polar surface area (TPSA) is 26.0 Å². The Morgan fingerprint density at radius 1 is 1.50 bits per heavy atom. The minimum atomic E-state index is 0.0920. The molecule has 0 fully saturated rings. The molecule has 2 N–H and O–H groups in total. The fourth-order valence-electron chi connectivity index (χ4n) is 0.986. The van der Waals surface area contributed by atoms with Gasteiger partial charge in [-0.25, -0.2) is 0 Å². The predicted molar refractivity (Wildman–Crippen MR) is 35.6 cm³/mol. The van der Waals surface area contributed by atoms with Crippen molar-refractivity contribution in [3.8, 4) is 0 Å². The Hall–Kier alpha value is -0.300. The first kappa shape index (κ1) is 5.83. The Morgan fingerprint density at radius 3 is 2.50 bits per heavy atom. The molecule has 0 aromatic carbocycles. The Labute approximate surface area is 50.6 Å². The molecular formula is C7H13N. The smallest absolute Gasteiger partial charge is 0.0163 e. The molecule has 0 aromatic rings. The van der Waals surface area contributed by atoms with Crippen LogP contribution < -0.4 is 5.73 Å². The third-order valence-electron chi connectivity index (χ3n) is 1.63. The second-order valence-corrected chi connectivity index (χ2v) is 2.87. The van der Waals surface area contributed by atoms with Crippen molar-refractivity contribution in [1.82, 2.24) is 0 Å². The summed E-state index contributed by atoms with van der Waals surface area (Å²) in [5, 5.41) is 0. The number of hydrogen-bond acceptors (Lipinski definition) is 1. The summed E-state index contributed by atoms with van der Waals surface area (Å²) < 4.78 is 0. The summed E-state index contributed by atoms with van der Waals surface area (Å²) in [5.41, 5.74) is 5.92. The van der Waals surface area contributed by atoms with Gasteiger partial charge in [-0.15, -0.1) is 0 Å². The molecule has 0 radical (unpaired) electrons. The molecule has 0 saturated carbocycles. The highest BCUT2D eigenvalue weighted by atomic mass is 14.7. The van der Waals surface area contributed by atoms with E-state index in [-0.39, 0.29) is 5.54 Å². The molecule has 0 spiro atoms. The van der Waals surface area contributed by atoms with Crippen molar-refractivity contribution < 1.29 is 0 Å². The monoisotopic (exact) mass is 111 g/mol. The summed E-state index contributed by atoms with van der Waals surface area (Å²) in [6, 6.07) is 0. The van der Waals surface area contributed by atoms with Crippen LogP contribution in [-0.2, 0) is 0 Å². The fraction of sp³-hybridized carbons (Fsp3) is 0.714.